The number of nitrogen functional groups attached to an aromatic ring is 1. The Hall–Kier alpha value is -3.54. The first-order valence-corrected chi connectivity index (χ1v) is 8.79. The Morgan fingerprint density at radius 3 is 2.41 bits per heavy atom. The molecule has 0 bridgehead atoms. The van der Waals surface area contributed by atoms with Crippen molar-refractivity contribution in [1.82, 2.24) is 10.3 Å². The number of benzene rings is 2. The second-order valence-corrected chi connectivity index (χ2v) is 6.66. The molecule has 0 aliphatic heterocycles. The van der Waals surface area contributed by atoms with Gasteiger partial charge in [0.15, 0.2) is 0 Å². The van der Waals surface area contributed by atoms with Crippen LogP contribution in [0.4, 0.5) is 17.2 Å². The number of rotatable bonds is 4. The summed E-state index contributed by atoms with van der Waals surface area (Å²) in [5, 5.41) is 15.9. The van der Waals surface area contributed by atoms with E-state index < -0.39 is 0 Å². The third-order valence-corrected chi connectivity index (χ3v) is 4.63. The third-order valence-electron chi connectivity index (χ3n) is 4.63. The molecule has 4 rings (SSSR count). The molecule has 1 amide bonds. The van der Waals surface area contributed by atoms with Crippen LogP contribution < -0.4 is 16.4 Å². The van der Waals surface area contributed by atoms with Crippen molar-refractivity contribution in [2.45, 2.75) is 18.9 Å². The fourth-order valence-corrected chi connectivity index (χ4v) is 3.37. The van der Waals surface area contributed by atoms with Gasteiger partial charge in [-0.3, -0.25) is 4.79 Å². The van der Waals surface area contributed by atoms with Crippen LogP contribution in [0.5, 0.6) is 5.75 Å². The number of nitrogens with two attached hydrogens (primary N) is 1. The number of amides is 1. The van der Waals surface area contributed by atoms with Crippen LogP contribution in [-0.4, -0.2) is 22.0 Å². The Balaban J connectivity index is 1.50. The first kappa shape index (κ1) is 16.9. The zero-order chi connectivity index (χ0) is 18.8. The van der Waals surface area contributed by atoms with Gasteiger partial charge in [0.25, 0.3) is 5.91 Å². The summed E-state index contributed by atoms with van der Waals surface area (Å²) in [6.45, 7) is 0. The first-order chi connectivity index (χ1) is 13.1. The Kier molecular flexibility index (Phi) is 4.38. The van der Waals surface area contributed by atoms with E-state index in [4.69, 9.17) is 5.73 Å². The molecule has 1 aliphatic carbocycles. The number of fused-ring (bicyclic) bond motifs is 1. The average Bonchev–Trinajstić information content (AvgIpc) is 3.05. The molecule has 5 N–H and O–H groups in total. The first-order valence-electron chi connectivity index (χ1n) is 8.79. The number of aromatic nitrogens is 1. The minimum atomic E-state index is -0.263. The van der Waals surface area contributed by atoms with Crippen molar-refractivity contribution in [1.29, 1.82) is 0 Å². The van der Waals surface area contributed by atoms with Crippen LogP contribution >= 0.6 is 0 Å². The van der Waals surface area contributed by atoms with Gasteiger partial charge in [-0.1, -0.05) is 36.4 Å². The summed E-state index contributed by atoms with van der Waals surface area (Å²) in [4.78, 5) is 17.0. The lowest BCUT2D eigenvalue weighted by molar-refractivity contribution is 0.0933. The van der Waals surface area contributed by atoms with E-state index >= 15 is 0 Å². The molecule has 0 unspecified atom stereocenters. The van der Waals surface area contributed by atoms with Gasteiger partial charge >= 0.3 is 0 Å². The van der Waals surface area contributed by atoms with E-state index in [-0.39, 0.29) is 23.4 Å². The Labute approximate surface area is 157 Å². The zero-order valence-corrected chi connectivity index (χ0v) is 14.6. The molecular formula is C21H20N4O2. The Morgan fingerprint density at radius 2 is 1.70 bits per heavy atom. The van der Waals surface area contributed by atoms with E-state index in [9.17, 15) is 9.90 Å². The highest BCUT2D eigenvalue weighted by Gasteiger charge is 2.23. The number of nitrogens with zero attached hydrogens (tertiary/aromatic N) is 1. The molecule has 1 aliphatic rings. The molecule has 6 heteroatoms. The maximum Gasteiger partial charge on any atom is 0.270 e. The highest BCUT2D eigenvalue weighted by atomic mass is 16.3. The number of carbonyl (C=O) groups is 1. The monoisotopic (exact) mass is 360 g/mol. The van der Waals surface area contributed by atoms with Crippen molar-refractivity contribution < 1.29 is 9.90 Å². The van der Waals surface area contributed by atoms with Gasteiger partial charge < -0.3 is 21.5 Å². The average molecular weight is 360 g/mol. The lowest BCUT2D eigenvalue weighted by Crippen LogP contribution is -2.35. The zero-order valence-electron chi connectivity index (χ0n) is 14.6. The molecule has 0 spiro atoms. The van der Waals surface area contributed by atoms with E-state index in [0.29, 0.717) is 17.2 Å². The summed E-state index contributed by atoms with van der Waals surface area (Å²) < 4.78 is 0. The number of phenolic OH excluding ortho intramolecular Hbond substituents is 1. The molecule has 2 aromatic carbocycles. The van der Waals surface area contributed by atoms with E-state index in [1.54, 1.807) is 36.4 Å². The van der Waals surface area contributed by atoms with Gasteiger partial charge in [-0.2, -0.15) is 0 Å². The highest BCUT2D eigenvalue weighted by Crippen LogP contribution is 2.26. The number of pyridine rings is 1. The van der Waals surface area contributed by atoms with Gasteiger partial charge in [-0.25, -0.2) is 4.98 Å². The lowest BCUT2D eigenvalue weighted by atomic mass is 10.1. The smallest absolute Gasteiger partial charge is 0.270 e. The van der Waals surface area contributed by atoms with Crippen LogP contribution in [0.2, 0.25) is 0 Å². The van der Waals surface area contributed by atoms with Crippen LogP contribution in [-0.2, 0) is 12.8 Å². The Bertz CT molecular complexity index is 978. The number of phenols is 1. The van der Waals surface area contributed by atoms with E-state index in [1.165, 1.54) is 11.1 Å². The standard InChI is InChI=1S/C21H20N4O2/c22-15-11-18(25-20(12-15)24-17-7-3-4-8-19(17)26)21(27)23-16-9-13-5-1-2-6-14(13)10-16/h1-8,11-12,16,26H,9-10H2,(H,23,27)(H3,22,24,25). The molecule has 136 valence electrons. The Morgan fingerprint density at radius 1 is 1.04 bits per heavy atom. The van der Waals surface area contributed by atoms with Crippen LogP contribution in [0.1, 0.15) is 21.6 Å². The molecule has 6 nitrogen and oxygen atoms in total. The van der Waals surface area contributed by atoms with E-state index in [2.05, 4.69) is 27.8 Å². The minimum Gasteiger partial charge on any atom is -0.506 e. The normalized spacial score (nSPS) is 13.2. The van der Waals surface area contributed by atoms with Crippen molar-refractivity contribution in [3.63, 3.8) is 0 Å². The summed E-state index contributed by atoms with van der Waals surface area (Å²) in [6.07, 6.45) is 1.63. The van der Waals surface area contributed by atoms with E-state index in [1.807, 2.05) is 12.1 Å². The van der Waals surface area contributed by atoms with Gasteiger partial charge in [0.05, 0.1) is 5.69 Å². The fraction of sp³-hybridized carbons (Fsp3) is 0.143. The molecule has 1 heterocycles. The van der Waals surface area contributed by atoms with Crippen LogP contribution in [0.3, 0.4) is 0 Å². The predicted octanol–water partition coefficient (Wildman–Crippen LogP) is 3.01. The molecule has 0 saturated heterocycles. The largest absolute Gasteiger partial charge is 0.506 e. The van der Waals surface area contributed by atoms with Crippen molar-refractivity contribution in [3.05, 3.63) is 77.5 Å². The molecule has 0 fully saturated rings. The van der Waals surface area contributed by atoms with Crippen LogP contribution in [0, 0.1) is 0 Å². The molecule has 0 saturated carbocycles. The summed E-state index contributed by atoms with van der Waals surface area (Å²) in [5.41, 5.74) is 9.63. The maximum absolute atomic E-state index is 12.7. The van der Waals surface area contributed by atoms with Gasteiger partial charge in [-0.15, -0.1) is 0 Å². The quantitative estimate of drug-likeness (QED) is 0.536. The number of carbonyl (C=O) groups excluding carboxylic acids is 1. The molecule has 0 atom stereocenters. The summed E-state index contributed by atoms with van der Waals surface area (Å²) in [6, 6.07) is 18.2. The van der Waals surface area contributed by atoms with Gasteiger partial charge in [0.2, 0.25) is 0 Å². The molecule has 1 aromatic heterocycles. The molecule has 27 heavy (non-hydrogen) atoms. The molecular weight excluding hydrogens is 340 g/mol. The minimum absolute atomic E-state index is 0.0488. The highest BCUT2D eigenvalue weighted by molar-refractivity contribution is 5.94. The SMILES string of the molecule is Nc1cc(Nc2ccccc2O)nc(C(=O)NC2Cc3ccccc3C2)c1. The third kappa shape index (κ3) is 3.69. The van der Waals surface area contributed by atoms with E-state index in [0.717, 1.165) is 12.8 Å². The van der Waals surface area contributed by atoms with Gasteiger partial charge in [-0.05, 0) is 42.2 Å². The molecule has 3 aromatic rings. The number of aromatic hydroxyl groups is 1. The van der Waals surface area contributed by atoms with Crippen molar-refractivity contribution in [2.75, 3.05) is 11.1 Å². The summed E-state index contributed by atoms with van der Waals surface area (Å²) in [5.74, 6) is 0.230. The number of nitrogens with one attached hydrogen (secondary N) is 2. The van der Waals surface area contributed by atoms with Crippen molar-refractivity contribution in [3.8, 4) is 5.75 Å². The summed E-state index contributed by atoms with van der Waals surface area (Å²) in [7, 11) is 0. The van der Waals surface area contributed by atoms with Crippen LogP contribution in [0.25, 0.3) is 0 Å². The van der Waals surface area contributed by atoms with Gasteiger partial charge in [0, 0.05) is 17.8 Å². The fourth-order valence-electron chi connectivity index (χ4n) is 3.37. The number of anilines is 3. The second kappa shape index (κ2) is 6.99. The topological polar surface area (TPSA) is 100 Å². The lowest BCUT2D eigenvalue weighted by Gasteiger charge is -2.13. The predicted molar refractivity (Wildman–Crippen MR) is 105 cm³/mol. The number of hydrogen-bond acceptors (Lipinski definition) is 5. The van der Waals surface area contributed by atoms with Crippen molar-refractivity contribution >= 4 is 23.1 Å². The van der Waals surface area contributed by atoms with Crippen molar-refractivity contribution in [2.24, 2.45) is 0 Å². The maximum atomic E-state index is 12.7. The number of para-hydroxylation sites is 2. The molecule has 0 radical (unpaired) electrons. The van der Waals surface area contributed by atoms with Crippen LogP contribution in [0.15, 0.2) is 60.7 Å². The summed E-state index contributed by atoms with van der Waals surface area (Å²) >= 11 is 0. The van der Waals surface area contributed by atoms with Gasteiger partial charge in [0.1, 0.15) is 17.3 Å². The second-order valence-electron chi connectivity index (χ2n) is 6.66. The number of hydrogen-bond donors (Lipinski definition) is 4.